The van der Waals surface area contributed by atoms with E-state index in [0.717, 1.165) is 0 Å². The van der Waals surface area contributed by atoms with Gasteiger partial charge in [0.25, 0.3) is 0 Å². The summed E-state index contributed by atoms with van der Waals surface area (Å²) in [7, 11) is 0.715. The first-order valence-corrected chi connectivity index (χ1v) is 18.0. The molecule has 0 saturated carbocycles. The van der Waals surface area contributed by atoms with Gasteiger partial charge in [0.05, 0.1) is 0 Å². The van der Waals surface area contributed by atoms with Crippen molar-refractivity contribution in [3.63, 3.8) is 0 Å². The van der Waals surface area contributed by atoms with Gasteiger partial charge in [-0.2, -0.15) is 0 Å². The van der Waals surface area contributed by atoms with E-state index in [9.17, 15) is 0 Å². The van der Waals surface area contributed by atoms with Crippen LogP contribution in [0.5, 0.6) is 0 Å². The van der Waals surface area contributed by atoms with Crippen molar-refractivity contribution in [3.8, 4) is 0 Å². The minimum absolute atomic E-state index is 0. The van der Waals surface area contributed by atoms with Crippen LogP contribution in [0.1, 0.15) is 105 Å². The molecule has 0 fully saturated rings. The zero-order valence-electron chi connectivity index (χ0n) is 25.6. The van der Waals surface area contributed by atoms with Crippen LogP contribution in [0.2, 0.25) is 0 Å². The van der Waals surface area contributed by atoms with Crippen molar-refractivity contribution in [1.29, 1.82) is 0 Å². The Hall–Kier alpha value is -0.640. The molecule has 0 aliphatic heterocycles. The molecule has 0 saturated heterocycles. The van der Waals surface area contributed by atoms with E-state index in [0.29, 0.717) is 37.8 Å². The first kappa shape index (κ1) is 37.4. The third-order valence-corrected chi connectivity index (χ3v) is 13.5. The summed E-state index contributed by atoms with van der Waals surface area (Å²) in [5, 5.41) is 1.57. The van der Waals surface area contributed by atoms with E-state index < -0.39 is 0 Å². The summed E-state index contributed by atoms with van der Waals surface area (Å²) < 4.78 is 0. The molecule has 0 N–H and O–H groups in total. The van der Waals surface area contributed by atoms with E-state index in [1.807, 2.05) is 0 Å². The Bertz CT molecular complexity index is 761. The van der Waals surface area contributed by atoms with Crippen molar-refractivity contribution < 1.29 is 24.8 Å². The molecule has 0 nitrogen and oxygen atoms in total. The van der Waals surface area contributed by atoms with E-state index in [1.165, 1.54) is 77.0 Å². The molecule has 4 heteroatoms. The van der Waals surface area contributed by atoms with Crippen molar-refractivity contribution in [3.05, 3.63) is 97.2 Å². The lowest BCUT2D eigenvalue weighted by molar-refractivity contribution is -0.001000. The number of halogens is 2. The summed E-state index contributed by atoms with van der Waals surface area (Å²) in [4.78, 5) is 0. The maximum Gasteiger partial charge on any atom is 0.113 e. The Morgan fingerprint density at radius 3 is 0.675 bits per heavy atom. The standard InChI is InChI=1S/2C18H27P.2ClH/c2*1-3-5-11-17(13-7-8-14-17)19-18(12-6-4-2)15-9-10-16-18;;/h2*7-10,13-16,19H,3-6,11-12H2,1-2H3;2*1H. The van der Waals surface area contributed by atoms with Crippen LogP contribution in [0.15, 0.2) is 97.2 Å². The predicted octanol–water partition coefficient (Wildman–Crippen LogP) is 5.02. The minimum atomic E-state index is 0. The van der Waals surface area contributed by atoms with Crippen LogP contribution in [0.25, 0.3) is 0 Å². The fourth-order valence-electron chi connectivity index (χ4n) is 6.37. The minimum Gasteiger partial charge on any atom is -1.00 e. The Balaban J connectivity index is 0.000000381. The highest BCUT2D eigenvalue weighted by Gasteiger charge is 2.44. The molecule has 0 spiro atoms. The highest BCUT2D eigenvalue weighted by Crippen LogP contribution is 2.55. The maximum absolute atomic E-state index is 2.48. The van der Waals surface area contributed by atoms with Crippen LogP contribution in [-0.2, 0) is 0 Å². The zero-order valence-corrected chi connectivity index (χ0v) is 29.5. The number of rotatable bonds is 16. The van der Waals surface area contributed by atoms with Gasteiger partial charge in [0.2, 0.25) is 0 Å². The molecule has 0 atom stereocenters. The highest BCUT2D eigenvalue weighted by atomic mass is 35.5. The molecule has 224 valence electrons. The Morgan fingerprint density at radius 2 is 0.525 bits per heavy atom. The third-order valence-electron chi connectivity index (χ3n) is 8.62. The quantitative estimate of drug-likeness (QED) is 0.213. The van der Waals surface area contributed by atoms with Gasteiger partial charge in [0.15, 0.2) is 0 Å². The Kier molecular flexibility index (Phi) is 17.6. The topological polar surface area (TPSA) is 0 Å². The Labute approximate surface area is 263 Å². The molecule has 0 aromatic heterocycles. The molecule has 40 heavy (non-hydrogen) atoms. The Morgan fingerprint density at radius 1 is 0.350 bits per heavy atom. The molecular formula is C36H56Cl2P2. The summed E-state index contributed by atoms with van der Waals surface area (Å²) in [5.74, 6) is 0. The van der Waals surface area contributed by atoms with E-state index in [4.69, 9.17) is 0 Å². The van der Waals surface area contributed by atoms with Crippen molar-refractivity contribution in [1.82, 2.24) is 0 Å². The van der Waals surface area contributed by atoms with Gasteiger partial charge in [-0.15, -0.1) is 0 Å². The molecule has 0 bridgehead atoms. The van der Waals surface area contributed by atoms with Crippen molar-refractivity contribution in [2.45, 2.75) is 125 Å². The first-order valence-electron chi connectivity index (χ1n) is 15.7. The first-order chi connectivity index (χ1) is 18.5. The smallest absolute Gasteiger partial charge is 0.113 e. The summed E-state index contributed by atoms with van der Waals surface area (Å²) in [6, 6.07) is 0. The summed E-state index contributed by atoms with van der Waals surface area (Å²) in [6.45, 7) is 9.20. The predicted molar refractivity (Wildman–Crippen MR) is 182 cm³/mol. The summed E-state index contributed by atoms with van der Waals surface area (Å²) >= 11 is 0. The van der Waals surface area contributed by atoms with Gasteiger partial charge >= 0.3 is 0 Å². The van der Waals surface area contributed by atoms with Gasteiger partial charge in [-0.05, 0) is 100.0 Å². The molecule has 4 aliphatic rings. The molecule has 0 heterocycles. The van der Waals surface area contributed by atoms with E-state index in [1.54, 1.807) is 0 Å². The molecule has 0 aromatic carbocycles. The van der Waals surface area contributed by atoms with Crippen molar-refractivity contribution in [2.75, 3.05) is 0 Å². The average molecular weight is 622 g/mol. The molecular weight excluding hydrogens is 565 g/mol. The lowest BCUT2D eigenvalue weighted by atomic mass is 10.0. The summed E-state index contributed by atoms with van der Waals surface area (Å²) in [6.07, 6.45) is 53.9. The number of hydrogen-bond donors (Lipinski definition) is 0. The van der Waals surface area contributed by atoms with Crippen LogP contribution in [0.3, 0.4) is 0 Å². The summed E-state index contributed by atoms with van der Waals surface area (Å²) in [5.41, 5.74) is 0. The molecule has 4 aliphatic carbocycles. The van der Waals surface area contributed by atoms with Crippen molar-refractivity contribution >= 4 is 17.2 Å². The molecule has 0 radical (unpaired) electrons. The van der Waals surface area contributed by atoms with Crippen molar-refractivity contribution in [2.24, 2.45) is 0 Å². The molecule has 4 rings (SSSR count). The van der Waals surface area contributed by atoms with Gasteiger partial charge in [-0.1, -0.05) is 102 Å². The van der Waals surface area contributed by atoms with E-state index in [2.05, 4.69) is 125 Å². The second-order valence-corrected chi connectivity index (χ2v) is 16.9. The fourth-order valence-corrected chi connectivity index (χ4v) is 11.4. The van der Waals surface area contributed by atoms with Gasteiger partial charge in [-0.3, -0.25) is 0 Å². The average Bonchev–Trinajstić information content (AvgIpc) is 3.75. The van der Waals surface area contributed by atoms with Gasteiger partial charge < -0.3 is 24.8 Å². The SMILES string of the molecule is CCCCC1([PH2+]C2(CCCC)C=CC=C2)C=CC=C1.CCCCC1([PH2+]C2(CCCC)C=CC=C2)C=CC=C1.[Cl-].[Cl-]. The van der Waals surface area contributed by atoms with E-state index >= 15 is 0 Å². The monoisotopic (exact) mass is 620 g/mol. The normalized spacial score (nSPS) is 20.5. The number of hydrogen-bond acceptors (Lipinski definition) is 0. The van der Waals surface area contributed by atoms with Crippen LogP contribution in [-0.4, -0.2) is 20.6 Å². The van der Waals surface area contributed by atoms with Gasteiger partial charge in [0.1, 0.15) is 20.6 Å². The second kappa shape index (κ2) is 18.8. The van der Waals surface area contributed by atoms with Crippen LogP contribution >= 0.6 is 17.2 Å². The molecule has 0 aromatic rings. The van der Waals surface area contributed by atoms with Crippen LogP contribution in [0.4, 0.5) is 0 Å². The maximum atomic E-state index is 2.48. The molecule has 0 unspecified atom stereocenters. The number of allylic oxidation sites excluding steroid dienone is 16. The fraction of sp³-hybridized carbons (Fsp3) is 0.556. The largest absolute Gasteiger partial charge is 1.00 e. The lowest BCUT2D eigenvalue weighted by Gasteiger charge is -2.29. The van der Waals surface area contributed by atoms with Crippen LogP contribution in [0, 0.1) is 0 Å². The highest BCUT2D eigenvalue weighted by molar-refractivity contribution is 7.43. The zero-order chi connectivity index (χ0) is 27.2. The van der Waals surface area contributed by atoms with Gasteiger partial charge in [-0.25, -0.2) is 0 Å². The lowest BCUT2D eigenvalue weighted by Crippen LogP contribution is -3.00. The van der Waals surface area contributed by atoms with Gasteiger partial charge in [0, 0.05) is 17.2 Å². The second-order valence-electron chi connectivity index (χ2n) is 12.0. The third kappa shape index (κ3) is 10.9. The van der Waals surface area contributed by atoms with Crippen LogP contribution < -0.4 is 24.8 Å². The molecule has 0 amide bonds. The van der Waals surface area contributed by atoms with E-state index in [-0.39, 0.29) is 24.8 Å². The number of unbranched alkanes of at least 4 members (excludes halogenated alkanes) is 4.